The molecule has 286 valence electrons. The van der Waals surface area contributed by atoms with Gasteiger partial charge in [-0.1, -0.05) is 35.5 Å². The van der Waals surface area contributed by atoms with Gasteiger partial charge in [0.1, 0.15) is 17.2 Å². The van der Waals surface area contributed by atoms with Crippen molar-refractivity contribution in [2.45, 2.75) is 65.7 Å². The summed E-state index contributed by atoms with van der Waals surface area (Å²) >= 11 is 0. The number of amides is 2. The molecule has 0 aliphatic carbocycles. The van der Waals surface area contributed by atoms with Gasteiger partial charge in [0.25, 0.3) is 11.8 Å². The number of aryl methyl sites for hydroxylation is 4. The number of hydrogen-bond acceptors (Lipinski definition) is 8. The van der Waals surface area contributed by atoms with Crippen LogP contribution >= 0.6 is 0 Å². The Morgan fingerprint density at radius 3 is 2.48 bits per heavy atom. The van der Waals surface area contributed by atoms with Crippen LogP contribution in [0.1, 0.15) is 72.8 Å². The predicted octanol–water partition coefficient (Wildman–Crippen LogP) is 5.93. The van der Waals surface area contributed by atoms with Gasteiger partial charge in [-0.15, -0.1) is 5.10 Å². The summed E-state index contributed by atoms with van der Waals surface area (Å²) in [7, 11) is 0. The normalized spacial score (nSPS) is 13.3. The van der Waals surface area contributed by atoms with E-state index in [1.807, 2.05) is 26.0 Å². The molecule has 14 nitrogen and oxygen atoms in total. The number of carbonyl (C=O) groups excluding carboxylic acids is 2. The maximum atomic E-state index is 14.7. The van der Waals surface area contributed by atoms with E-state index >= 15 is 0 Å². The molecule has 0 spiro atoms. The fourth-order valence-corrected chi connectivity index (χ4v) is 7.42. The number of hydrogen-bond donors (Lipinski definition) is 2. The first-order valence-electron chi connectivity index (χ1n) is 18.0. The predicted molar refractivity (Wildman–Crippen MR) is 200 cm³/mol. The molecule has 1 aliphatic heterocycles. The average molecular weight is 763 g/mol. The first-order valence-corrected chi connectivity index (χ1v) is 18.0. The van der Waals surface area contributed by atoms with E-state index < -0.39 is 24.5 Å². The Kier molecular flexibility index (Phi) is 9.22. The largest absolute Gasteiger partial charge is 0.397 e. The lowest BCUT2D eigenvalue weighted by Gasteiger charge is -2.22. The Morgan fingerprint density at radius 1 is 0.964 bits per heavy atom. The Morgan fingerprint density at radius 2 is 1.73 bits per heavy atom. The van der Waals surface area contributed by atoms with Crippen molar-refractivity contribution in [1.29, 1.82) is 0 Å². The highest BCUT2D eigenvalue weighted by Crippen LogP contribution is 2.38. The highest BCUT2D eigenvalue weighted by molar-refractivity contribution is 6.08. The van der Waals surface area contributed by atoms with Gasteiger partial charge in [0.05, 0.1) is 47.3 Å². The third-order valence-corrected chi connectivity index (χ3v) is 10.0. The number of halogens is 3. The molecule has 0 fully saturated rings. The van der Waals surface area contributed by atoms with Crippen molar-refractivity contribution in [1.82, 2.24) is 54.5 Å². The number of alkyl halides is 3. The lowest BCUT2D eigenvalue weighted by Crippen LogP contribution is -2.36. The monoisotopic (exact) mass is 762 g/mol. The fraction of sp³-hybridized carbons (Fsp3) is 0.282. The molecule has 7 aromatic rings. The van der Waals surface area contributed by atoms with Gasteiger partial charge < -0.3 is 10.6 Å². The van der Waals surface area contributed by atoms with Crippen LogP contribution in [0.3, 0.4) is 0 Å². The fourth-order valence-electron chi connectivity index (χ4n) is 7.42. The van der Waals surface area contributed by atoms with Gasteiger partial charge in [-0.25, -0.2) is 18.9 Å². The Hall–Kier alpha value is -6.65. The van der Waals surface area contributed by atoms with Crippen molar-refractivity contribution in [3.63, 3.8) is 0 Å². The van der Waals surface area contributed by atoms with Gasteiger partial charge in [0.2, 0.25) is 0 Å². The molecule has 6 heterocycles. The third-order valence-electron chi connectivity index (χ3n) is 10.0. The van der Waals surface area contributed by atoms with Crippen molar-refractivity contribution in [3.05, 3.63) is 124 Å². The van der Waals surface area contributed by atoms with E-state index in [1.165, 1.54) is 15.6 Å². The number of benzene rings is 2. The lowest BCUT2D eigenvalue weighted by molar-refractivity contribution is -0.149. The molecule has 2 aromatic carbocycles. The van der Waals surface area contributed by atoms with Crippen molar-refractivity contribution in [2.24, 2.45) is 0 Å². The summed E-state index contributed by atoms with van der Waals surface area (Å²) in [5, 5.41) is 27.4. The molecule has 1 atom stereocenters. The van der Waals surface area contributed by atoms with E-state index in [0.717, 1.165) is 23.4 Å². The number of fused-ring (bicyclic) bond motifs is 2. The summed E-state index contributed by atoms with van der Waals surface area (Å²) in [5.74, 6) is -2.96. The van der Waals surface area contributed by atoms with Crippen molar-refractivity contribution in [3.8, 4) is 16.9 Å². The zero-order valence-corrected chi connectivity index (χ0v) is 31.0. The van der Waals surface area contributed by atoms with E-state index in [0.29, 0.717) is 58.3 Å². The first-order chi connectivity index (χ1) is 26.9. The van der Waals surface area contributed by atoms with Crippen LogP contribution in [-0.2, 0) is 19.5 Å². The van der Waals surface area contributed by atoms with Crippen molar-refractivity contribution in [2.75, 3.05) is 11.9 Å². The lowest BCUT2D eigenvalue weighted by atomic mass is 9.96. The number of para-hydroxylation sites is 1. The number of aromatic nitrogens is 10. The van der Waals surface area contributed by atoms with Gasteiger partial charge in [0.15, 0.2) is 5.65 Å². The highest BCUT2D eigenvalue weighted by atomic mass is 19.4. The van der Waals surface area contributed by atoms with Gasteiger partial charge in [0, 0.05) is 47.0 Å². The van der Waals surface area contributed by atoms with Crippen LogP contribution in [-0.4, -0.2) is 73.7 Å². The first kappa shape index (κ1) is 36.3. The van der Waals surface area contributed by atoms with E-state index in [4.69, 9.17) is 0 Å². The molecule has 17 heteroatoms. The summed E-state index contributed by atoms with van der Waals surface area (Å²) in [6, 6.07) is 17.9. The van der Waals surface area contributed by atoms with Crippen molar-refractivity contribution >= 4 is 23.1 Å². The molecule has 0 radical (unpaired) electrons. The van der Waals surface area contributed by atoms with Crippen LogP contribution in [0.5, 0.6) is 0 Å². The van der Waals surface area contributed by atoms with Crippen LogP contribution in [0.25, 0.3) is 22.6 Å². The molecule has 56 heavy (non-hydrogen) atoms. The Labute approximate surface area is 318 Å². The summed E-state index contributed by atoms with van der Waals surface area (Å²) in [5.41, 5.74) is 6.85. The van der Waals surface area contributed by atoms with E-state index in [9.17, 15) is 22.8 Å². The molecule has 1 unspecified atom stereocenters. The van der Waals surface area contributed by atoms with E-state index in [2.05, 4.69) is 41.2 Å². The van der Waals surface area contributed by atoms with Gasteiger partial charge in [-0.05, 0) is 70.9 Å². The second-order valence-electron chi connectivity index (χ2n) is 13.9. The van der Waals surface area contributed by atoms with Crippen LogP contribution in [0.4, 0.5) is 18.9 Å². The van der Waals surface area contributed by atoms with Gasteiger partial charge >= 0.3 is 6.18 Å². The topological polar surface area (TPSA) is 155 Å². The Bertz CT molecular complexity index is 2600. The minimum Gasteiger partial charge on any atom is -0.351 e. The average Bonchev–Trinajstić information content (AvgIpc) is 4.00. The molecular weight excluding hydrogens is 726 g/mol. The molecule has 0 saturated carbocycles. The smallest absolute Gasteiger partial charge is 0.351 e. The van der Waals surface area contributed by atoms with E-state index in [-0.39, 0.29) is 29.3 Å². The van der Waals surface area contributed by atoms with E-state index in [1.54, 1.807) is 77.8 Å². The highest BCUT2D eigenvalue weighted by Gasteiger charge is 2.44. The summed E-state index contributed by atoms with van der Waals surface area (Å²) in [6.45, 7) is 6.90. The number of anilines is 1. The second-order valence-corrected chi connectivity index (χ2v) is 13.9. The van der Waals surface area contributed by atoms with Crippen LogP contribution in [0.15, 0.2) is 73.1 Å². The number of rotatable bonds is 10. The van der Waals surface area contributed by atoms with Crippen LogP contribution in [0.2, 0.25) is 0 Å². The zero-order chi connectivity index (χ0) is 39.3. The Balaban J connectivity index is 0.974. The van der Waals surface area contributed by atoms with Gasteiger partial charge in [-0.2, -0.15) is 28.5 Å². The van der Waals surface area contributed by atoms with Crippen LogP contribution < -0.4 is 10.6 Å². The van der Waals surface area contributed by atoms with Gasteiger partial charge in [-0.3, -0.25) is 14.3 Å². The molecule has 1 aliphatic rings. The number of carbonyl (C=O) groups is 2. The standard InChI is InChI=1S/C39H37F3N12O2/c1-22-17-23(2)53-36(45-22)29(18-44-53)37(55)46-27-14-12-26(13-15-27)31-20-51(50-47-31)21-32-35(33-11-8-16-52(33)49-32)38(56)43-19-30(39(40,41)42)34-24(3)48-54(25(34)4)28-9-6-5-7-10-28/h5-7,9-10,12-15,17-18,20,30H,8,11,16,19,21H2,1-4H3,(H,43,56)(H,46,55). The molecule has 5 aromatic heterocycles. The maximum Gasteiger partial charge on any atom is 0.397 e. The third kappa shape index (κ3) is 6.80. The van der Waals surface area contributed by atoms with Crippen LogP contribution in [0, 0.1) is 27.7 Å². The minimum absolute atomic E-state index is 0.0298. The minimum atomic E-state index is -4.65. The summed E-state index contributed by atoms with van der Waals surface area (Å²) in [6.07, 6.45) is -0.123. The molecule has 2 amide bonds. The SMILES string of the molecule is Cc1cc(C)n2ncc(C(=O)Nc3ccc(-c4cn(Cc5nn6c(c5C(=O)NCC(c5c(C)nn(-c7ccccc7)c5C)C(F)(F)F)CCC6)nn4)cc3)c2n1. The molecule has 2 N–H and O–H groups in total. The summed E-state index contributed by atoms with van der Waals surface area (Å²) < 4.78 is 50.4. The maximum absolute atomic E-state index is 14.7. The quantitative estimate of drug-likeness (QED) is 0.174. The molecular formula is C39H37F3N12O2. The summed E-state index contributed by atoms with van der Waals surface area (Å²) in [4.78, 5) is 31.4. The second kappa shape index (κ2) is 14.2. The zero-order valence-electron chi connectivity index (χ0n) is 31.0. The molecule has 0 saturated heterocycles. The molecule has 0 bridgehead atoms. The number of nitrogens with zero attached hydrogens (tertiary/aromatic N) is 10. The number of nitrogens with one attached hydrogen (secondary N) is 2. The molecule has 8 rings (SSSR count). The van der Waals surface area contributed by atoms with Crippen molar-refractivity contribution < 1.29 is 22.8 Å².